The topological polar surface area (TPSA) is 12.0 Å². The van der Waals surface area contributed by atoms with E-state index in [9.17, 15) is 4.39 Å². The second kappa shape index (κ2) is 6.21. The molecular weight excluding hydrogens is 189 g/mol. The van der Waals surface area contributed by atoms with Crippen LogP contribution in [-0.4, -0.2) is 6.04 Å². The van der Waals surface area contributed by atoms with Crippen molar-refractivity contribution in [2.75, 3.05) is 0 Å². The van der Waals surface area contributed by atoms with Gasteiger partial charge in [-0.2, -0.15) is 0 Å². The Bertz CT molecular complexity index is 323. The predicted octanol–water partition coefficient (Wildman–Crippen LogP) is 2.72. The zero-order valence-electron chi connectivity index (χ0n) is 8.96. The zero-order chi connectivity index (χ0) is 11.1. The molecule has 1 aromatic rings. The highest BCUT2D eigenvalue weighted by Crippen LogP contribution is 2.03. The first-order chi connectivity index (χ1) is 7.26. The second-order valence-electron chi connectivity index (χ2n) is 3.52. The number of hydrogen-bond acceptors (Lipinski definition) is 1. The Hall–Kier alpha value is -1.33. The Kier molecular flexibility index (Phi) is 4.86. The van der Waals surface area contributed by atoms with Crippen LogP contribution in [0.2, 0.25) is 0 Å². The van der Waals surface area contributed by atoms with Crippen LogP contribution in [-0.2, 0) is 6.54 Å². The van der Waals surface area contributed by atoms with Crippen molar-refractivity contribution in [3.63, 3.8) is 0 Å². The fraction of sp³-hybridized carbons (Fsp3) is 0.385. The third-order valence-corrected chi connectivity index (χ3v) is 2.24. The molecule has 0 aliphatic carbocycles. The summed E-state index contributed by atoms with van der Waals surface area (Å²) in [5.74, 6) is 2.49. The molecule has 1 atom stereocenters. The monoisotopic (exact) mass is 205 g/mol. The van der Waals surface area contributed by atoms with Crippen LogP contribution in [0.4, 0.5) is 4.39 Å². The molecule has 15 heavy (non-hydrogen) atoms. The quantitative estimate of drug-likeness (QED) is 0.729. The van der Waals surface area contributed by atoms with Gasteiger partial charge in [0.05, 0.1) is 6.04 Å². The Balaban J connectivity index is 2.42. The lowest BCUT2D eigenvalue weighted by Crippen LogP contribution is -2.26. The molecule has 1 unspecified atom stereocenters. The smallest absolute Gasteiger partial charge is 0.123 e. The van der Waals surface area contributed by atoms with Crippen LogP contribution in [0.1, 0.15) is 25.3 Å². The molecule has 2 heteroatoms. The molecule has 0 saturated heterocycles. The van der Waals surface area contributed by atoms with Crippen molar-refractivity contribution in [1.29, 1.82) is 0 Å². The molecule has 0 heterocycles. The molecule has 0 amide bonds. The van der Waals surface area contributed by atoms with Gasteiger partial charge in [0.1, 0.15) is 5.82 Å². The van der Waals surface area contributed by atoms with Crippen LogP contribution < -0.4 is 5.32 Å². The maximum Gasteiger partial charge on any atom is 0.123 e. The molecule has 0 spiro atoms. The lowest BCUT2D eigenvalue weighted by Gasteiger charge is -2.11. The van der Waals surface area contributed by atoms with Crippen LogP contribution in [0, 0.1) is 18.2 Å². The molecule has 0 bridgehead atoms. The van der Waals surface area contributed by atoms with Crippen LogP contribution in [0.3, 0.4) is 0 Å². The predicted molar refractivity (Wildman–Crippen MR) is 60.8 cm³/mol. The maximum absolute atomic E-state index is 12.6. The van der Waals surface area contributed by atoms with Crippen LogP contribution in [0.25, 0.3) is 0 Å². The van der Waals surface area contributed by atoms with Crippen molar-refractivity contribution < 1.29 is 4.39 Å². The summed E-state index contributed by atoms with van der Waals surface area (Å²) in [4.78, 5) is 0. The summed E-state index contributed by atoms with van der Waals surface area (Å²) in [5, 5.41) is 3.25. The van der Waals surface area contributed by atoms with Gasteiger partial charge < -0.3 is 0 Å². The molecular formula is C13H16FN. The summed E-state index contributed by atoms with van der Waals surface area (Å²) in [6, 6.07) is 6.56. The Labute approximate surface area is 90.7 Å². The third-order valence-electron chi connectivity index (χ3n) is 2.24. The molecule has 80 valence electrons. The van der Waals surface area contributed by atoms with Gasteiger partial charge in [0, 0.05) is 6.54 Å². The van der Waals surface area contributed by atoms with E-state index in [1.54, 1.807) is 12.1 Å². The number of halogens is 1. The van der Waals surface area contributed by atoms with Crippen LogP contribution >= 0.6 is 0 Å². The largest absolute Gasteiger partial charge is 0.300 e. The summed E-state index contributed by atoms with van der Waals surface area (Å²) in [7, 11) is 0. The molecule has 0 radical (unpaired) electrons. The number of hydrogen-bond donors (Lipinski definition) is 1. The number of benzene rings is 1. The minimum absolute atomic E-state index is 0.111. The summed E-state index contributed by atoms with van der Waals surface area (Å²) in [6.45, 7) is 2.79. The summed E-state index contributed by atoms with van der Waals surface area (Å²) in [6.07, 6.45) is 7.41. The molecule has 0 aromatic heterocycles. The van der Waals surface area contributed by atoms with Gasteiger partial charge in [-0.1, -0.05) is 31.4 Å². The zero-order valence-corrected chi connectivity index (χ0v) is 8.96. The van der Waals surface area contributed by atoms with Crippen molar-refractivity contribution >= 4 is 0 Å². The third kappa shape index (κ3) is 4.14. The first-order valence-electron chi connectivity index (χ1n) is 5.20. The van der Waals surface area contributed by atoms with Crippen molar-refractivity contribution in [2.45, 2.75) is 32.4 Å². The van der Waals surface area contributed by atoms with E-state index >= 15 is 0 Å². The Morgan fingerprint density at radius 2 is 2.07 bits per heavy atom. The van der Waals surface area contributed by atoms with Gasteiger partial charge in [0.2, 0.25) is 0 Å². The molecule has 1 nitrogen and oxygen atoms in total. The maximum atomic E-state index is 12.6. The highest BCUT2D eigenvalue weighted by atomic mass is 19.1. The minimum Gasteiger partial charge on any atom is -0.300 e. The van der Waals surface area contributed by atoms with Gasteiger partial charge >= 0.3 is 0 Å². The fourth-order valence-electron chi connectivity index (χ4n) is 1.38. The summed E-state index contributed by atoms with van der Waals surface area (Å²) in [5.41, 5.74) is 1.05. The Morgan fingerprint density at radius 3 is 2.60 bits per heavy atom. The standard InChI is InChI=1S/C13H16FN/c1-3-5-13(4-2)15-10-11-6-8-12(14)9-7-11/h2,6-9,13,15H,3,5,10H2,1H3. The Morgan fingerprint density at radius 1 is 1.40 bits per heavy atom. The average Bonchev–Trinajstić information content (AvgIpc) is 2.26. The number of terminal acetylenes is 1. The van der Waals surface area contributed by atoms with E-state index in [1.165, 1.54) is 12.1 Å². The molecule has 1 N–H and O–H groups in total. The van der Waals surface area contributed by atoms with E-state index in [1.807, 2.05) is 0 Å². The van der Waals surface area contributed by atoms with E-state index in [0.717, 1.165) is 18.4 Å². The number of nitrogens with one attached hydrogen (secondary N) is 1. The van der Waals surface area contributed by atoms with Crippen molar-refractivity contribution in [3.05, 3.63) is 35.6 Å². The van der Waals surface area contributed by atoms with E-state index in [-0.39, 0.29) is 11.9 Å². The molecule has 0 saturated carbocycles. The van der Waals surface area contributed by atoms with Crippen molar-refractivity contribution in [2.24, 2.45) is 0 Å². The van der Waals surface area contributed by atoms with Gasteiger partial charge in [-0.05, 0) is 24.1 Å². The normalized spacial score (nSPS) is 12.1. The van der Waals surface area contributed by atoms with Crippen molar-refractivity contribution in [1.82, 2.24) is 5.32 Å². The average molecular weight is 205 g/mol. The second-order valence-corrected chi connectivity index (χ2v) is 3.52. The van der Waals surface area contributed by atoms with E-state index < -0.39 is 0 Å². The van der Waals surface area contributed by atoms with Gasteiger partial charge in [-0.15, -0.1) is 6.42 Å². The lowest BCUT2D eigenvalue weighted by atomic mass is 10.1. The highest BCUT2D eigenvalue weighted by molar-refractivity contribution is 5.16. The van der Waals surface area contributed by atoms with E-state index in [2.05, 4.69) is 18.2 Å². The van der Waals surface area contributed by atoms with Gasteiger partial charge in [0.15, 0.2) is 0 Å². The summed E-state index contributed by atoms with van der Waals surface area (Å²) >= 11 is 0. The van der Waals surface area contributed by atoms with Crippen molar-refractivity contribution in [3.8, 4) is 12.3 Å². The minimum atomic E-state index is -0.208. The molecule has 0 aliphatic rings. The molecule has 1 aromatic carbocycles. The fourth-order valence-corrected chi connectivity index (χ4v) is 1.38. The van der Waals surface area contributed by atoms with Crippen LogP contribution in [0.15, 0.2) is 24.3 Å². The first-order valence-corrected chi connectivity index (χ1v) is 5.20. The van der Waals surface area contributed by atoms with E-state index in [4.69, 9.17) is 6.42 Å². The van der Waals surface area contributed by atoms with E-state index in [0.29, 0.717) is 6.54 Å². The molecule has 1 rings (SSSR count). The SMILES string of the molecule is C#CC(CCC)NCc1ccc(F)cc1. The first kappa shape index (κ1) is 11.7. The highest BCUT2D eigenvalue weighted by Gasteiger charge is 2.02. The van der Waals surface area contributed by atoms with Crippen LogP contribution in [0.5, 0.6) is 0 Å². The lowest BCUT2D eigenvalue weighted by molar-refractivity contribution is 0.562. The number of rotatable bonds is 5. The summed E-state index contributed by atoms with van der Waals surface area (Å²) < 4.78 is 12.6. The van der Waals surface area contributed by atoms with Gasteiger partial charge in [-0.3, -0.25) is 5.32 Å². The van der Waals surface area contributed by atoms with Gasteiger partial charge in [0.25, 0.3) is 0 Å². The van der Waals surface area contributed by atoms with Gasteiger partial charge in [-0.25, -0.2) is 4.39 Å². The molecule has 0 fully saturated rings. The molecule has 0 aliphatic heterocycles.